The Kier molecular flexibility index (Phi) is 6.23. The molecule has 2 aromatic rings. The van der Waals surface area contributed by atoms with E-state index in [0.29, 0.717) is 14.5 Å². The summed E-state index contributed by atoms with van der Waals surface area (Å²) in [6.45, 7) is 0. The zero-order valence-electron chi connectivity index (χ0n) is 12.4. The molecule has 0 saturated heterocycles. The molecule has 2 rings (SSSR count). The number of carbonyl (C=O) groups excluding carboxylic acids is 1. The van der Waals surface area contributed by atoms with Gasteiger partial charge in [-0.3, -0.25) is 4.79 Å². The number of benzene rings is 2. The van der Waals surface area contributed by atoms with Crippen LogP contribution in [0.25, 0.3) is 0 Å². The summed E-state index contributed by atoms with van der Waals surface area (Å²) in [6.07, 6.45) is -3.34. The lowest BCUT2D eigenvalue weighted by Gasteiger charge is -2.08. The highest BCUT2D eigenvalue weighted by molar-refractivity contribution is 9.11. The molecule has 0 saturated carbocycles. The van der Waals surface area contributed by atoms with Crippen molar-refractivity contribution in [2.45, 2.75) is 12.6 Å². The van der Waals surface area contributed by atoms with Gasteiger partial charge >= 0.3 is 6.18 Å². The molecule has 0 fully saturated rings. The van der Waals surface area contributed by atoms with Gasteiger partial charge in [0.05, 0.1) is 27.1 Å². The summed E-state index contributed by atoms with van der Waals surface area (Å²) in [5.74, 6) is -0.516. The minimum atomic E-state index is -4.45. The Morgan fingerprint density at radius 2 is 1.84 bits per heavy atom. The first-order valence-corrected chi connectivity index (χ1v) is 8.41. The topological polar surface area (TPSA) is 61.7 Å². The summed E-state index contributed by atoms with van der Waals surface area (Å²) in [6, 6.07) is 7.73. The van der Waals surface area contributed by atoms with Crippen LogP contribution in [0.4, 0.5) is 13.2 Å². The summed E-state index contributed by atoms with van der Waals surface area (Å²) >= 11 is 6.33. The highest BCUT2D eigenvalue weighted by Gasteiger charge is 2.30. The number of alkyl halides is 3. The average Bonchev–Trinajstić information content (AvgIpc) is 2.52. The van der Waals surface area contributed by atoms with Crippen LogP contribution < -0.4 is 5.43 Å². The van der Waals surface area contributed by atoms with Crippen molar-refractivity contribution in [2.24, 2.45) is 5.10 Å². The summed E-state index contributed by atoms with van der Waals surface area (Å²) in [4.78, 5) is 11.8. The molecule has 0 unspecified atom stereocenters. The highest BCUT2D eigenvalue weighted by atomic mass is 79.9. The summed E-state index contributed by atoms with van der Waals surface area (Å²) < 4.78 is 38.8. The normalized spacial score (nSPS) is 11.7. The maximum atomic E-state index is 12.6. The third-order valence-electron chi connectivity index (χ3n) is 3.06. The number of aromatic hydroxyl groups is 1. The van der Waals surface area contributed by atoms with Crippen molar-refractivity contribution in [3.05, 3.63) is 62.0 Å². The number of phenolic OH excluding ortho intramolecular Hbond substituents is 1. The van der Waals surface area contributed by atoms with Gasteiger partial charge < -0.3 is 5.11 Å². The molecule has 0 radical (unpaired) electrons. The van der Waals surface area contributed by atoms with Gasteiger partial charge in [-0.25, -0.2) is 5.43 Å². The van der Waals surface area contributed by atoms with Crippen LogP contribution in [0.15, 0.2) is 50.4 Å². The van der Waals surface area contributed by atoms with E-state index < -0.39 is 17.6 Å². The molecular formula is C16H11Br2F3N2O2. The molecule has 0 aliphatic rings. The number of hydrogen-bond acceptors (Lipinski definition) is 3. The number of rotatable bonds is 4. The smallest absolute Gasteiger partial charge is 0.416 e. The molecule has 0 bridgehead atoms. The number of amides is 1. The predicted molar refractivity (Wildman–Crippen MR) is 94.4 cm³/mol. The second-order valence-corrected chi connectivity index (χ2v) is 6.71. The Bertz CT molecular complexity index is 800. The van der Waals surface area contributed by atoms with E-state index in [-0.39, 0.29) is 17.7 Å². The number of phenols is 1. The molecule has 1 amide bonds. The SMILES string of the molecule is O=C(Cc1cccc(C(F)(F)F)c1)NN=Cc1cc(Br)c(O)c(Br)c1. The molecule has 2 aromatic carbocycles. The number of hydrazone groups is 1. The number of nitrogens with one attached hydrogen (secondary N) is 1. The van der Waals surface area contributed by atoms with Crippen LogP contribution in [0, 0.1) is 0 Å². The first-order valence-electron chi connectivity index (χ1n) is 6.83. The van der Waals surface area contributed by atoms with Crippen molar-refractivity contribution in [1.29, 1.82) is 0 Å². The zero-order chi connectivity index (χ0) is 18.6. The molecule has 0 heterocycles. The lowest BCUT2D eigenvalue weighted by atomic mass is 10.1. The summed E-state index contributed by atoms with van der Waals surface area (Å²) in [7, 11) is 0. The van der Waals surface area contributed by atoms with Crippen LogP contribution in [0.3, 0.4) is 0 Å². The quantitative estimate of drug-likeness (QED) is 0.496. The Morgan fingerprint density at radius 1 is 1.20 bits per heavy atom. The van der Waals surface area contributed by atoms with Crippen LogP contribution >= 0.6 is 31.9 Å². The van der Waals surface area contributed by atoms with Gasteiger partial charge in [0.15, 0.2) is 0 Å². The van der Waals surface area contributed by atoms with E-state index in [1.165, 1.54) is 18.3 Å². The molecule has 0 aliphatic heterocycles. The first-order chi connectivity index (χ1) is 11.7. The number of halogens is 5. The Labute approximate surface area is 158 Å². The van der Waals surface area contributed by atoms with E-state index in [1.54, 1.807) is 12.1 Å². The Balaban J connectivity index is 1.99. The maximum absolute atomic E-state index is 12.6. The Morgan fingerprint density at radius 3 is 2.44 bits per heavy atom. The summed E-state index contributed by atoms with van der Waals surface area (Å²) in [5, 5.41) is 13.4. The van der Waals surface area contributed by atoms with Crippen molar-refractivity contribution >= 4 is 44.0 Å². The molecule has 132 valence electrons. The minimum absolute atomic E-state index is 0.0331. The molecule has 0 spiro atoms. The maximum Gasteiger partial charge on any atom is 0.416 e. The third kappa shape index (κ3) is 5.57. The predicted octanol–water partition coefficient (Wildman–Crippen LogP) is 4.63. The van der Waals surface area contributed by atoms with Gasteiger partial charge in [0.25, 0.3) is 0 Å². The van der Waals surface area contributed by atoms with Gasteiger partial charge in [-0.05, 0) is 61.2 Å². The Hall–Kier alpha value is -1.87. The molecule has 2 N–H and O–H groups in total. The molecule has 0 aliphatic carbocycles. The van der Waals surface area contributed by atoms with Crippen LogP contribution in [0.5, 0.6) is 5.75 Å². The highest BCUT2D eigenvalue weighted by Crippen LogP contribution is 2.33. The fourth-order valence-corrected chi connectivity index (χ4v) is 3.14. The number of carbonyl (C=O) groups is 1. The first kappa shape index (κ1) is 19.5. The van der Waals surface area contributed by atoms with E-state index in [2.05, 4.69) is 42.4 Å². The third-order valence-corrected chi connectivity index (χ3v) is 4.27. The van der Waals surface area contributed by atoms with Gasteiger partial charge in [-0.2, -0.15) is 18.3 Å². The van der Waals surface area contributed by atoms with E-state index >= 15 is 0 Å². The van der Waals surface area contributed by atoms with Crippen molar-refractivity contribution in [2.75, 3.05) is 0 Å². The molecule has 0 aromatic heterocycles. The molecule has 0 atom stereocenters. The van der Waals surface area contributed by atoms with Gasteiger partial charge in [0.2, 0.25) is 5.91 Å². The molecule has 9 heteroatoms. The standard InChI is InChI=1S/C16H11Br2F3N2O2/c17-12-5-10(6-13(18)15(12)25)8-22-23-14(24)7-9-2-1-3-11(4-9)16(19,20)21/h1-6,8,25H,7H2,(H,23,24). The lowest BCUT2D eigenvalue weighted by Crippen LogP contribution is -2.20. The van der Waals surface area contributed by atoms with Gasteiger partial charge in [0, 0.05) is 0 Å². The van der Waals surface area contributed by atoms with E-state index in [9.17, 15) is 23.1 Å². The molecular weight excluding hydrogens is 469 g/mol. The average molecular weight is 480 g/mol. The van der Waals surface area contributed by atoms with Gasteiger partial charge in [-0.15, -0.1) is 0 Å². The summed E-state index contributed by atoms with van der Waals surface area (Å²) in [5.41, 5.74) is 2.27. The second-order valence-electron chi connectivity index (χ2n) is 5.00. The van der Waals surface area contributed by atoms with Crippen molar-refractivity contribution in [1.82, 2.24) is 5.43 Å². The van der Waals surface area contributed by atoms with Crippen molar-refractivity contribution in [3.8, 4) is 5.75 Å². The van der Waals surface area contributed by atoms with Crippen LogP contribution in [0.2, 0.25) is 0 Å². The number of nitrogens with zero attached hydrogens (tertiary/aromatic N) is 1. The fourth-order valence-electron chi connectivity index (χ4n) is 1.92. The van der Waals surface area contributed by atoms with E-state index in [0.717, 1.165) is 12.1 Å². The van der Waals surface area contributed by atoms with Crippen molar-refractivity contribution in [3.63, 3.8) is 0 Å². The number of hydrogen-bond donors (Lipinski definition) is 2. The van der Waals surface area contributed by atoms with Crippen LogP contribution in [0.1, 0.15) is 16.7 Å². The van der Waals surface area contributed by atoms with Crippen molar-refractivity contribution < 1.29 is 23.1 Å². The van der Waals surface area contributed by atoms with Gasteiger partial charge in [-0.1, -0.05) is 18.2 Å². The monoisotopic (exact) mass is 478 g/mol. The molecule has 25 heavy (non-hydrogen) atoms. The lowest BCUT2D eigenvalue weighted by molar-refractivity contribution is -0.137. The van der Waals surface area contributed by atoms with Crippen LogP contribution in [-0.4, -0.2) is 17.2 Å². The fraction of sp³-hybridized carbons (Fsp3) is 0.125. The molecule has 4 nitrogen and oxygen atoms in total. The minimum Gasteiger partial charge on any atom is -0.506 e. The van der Waals surface area contributed by atoms with E-state index in [4.69, 9.17) is 0 Å². The van der Waals surface area contributed by atoms with E-state index in [1.807, 2.05) is 0 Å². The largest absolute Gasteiger partial charge is 0.506 e. The van der Waals surface area contributed by atoms with Gasteiger partial charge in [0.1, 0.15) is 5.75 Å². The second kappa shape index (κ2) is 8.01. The zero-order valence-corrected chi connectivity index (χ0v) is 15.6. The van der Waals surface area contributed by atoms with Crippen LogP contribution in [-0.2, 0) is 17.4 Å².